The molecule has 0 aliphatic carbocycles. The van der Waals surface area contributed by atoms with Crippen LogP contribution in [0.1, 0.15) is 13.3 Å². The third kappa shape index (κ3) is 4.81. The first-order valence-corrected chi connectivity index (χ1v) is 2.92. The number of amidine groups is 1. The van der Waals surface area contributed by atoms with E-state index < -0.39 is 0 Å². The lowest BCUT2D eigenvalue weighted by molar-refractivity contribution is 1.22. The van der Waals surface area contributed by atoms with E-state index in [1.54, 1.807) is 6.08 Å². The molecule has 0 saturated carbocycles. The molecule has 0 atom stereocenters. The van der Waals surface area contributed by atoms with E-state index in [2.05, 4.69) is 11.6 Å². The largest absolute Gasteiger partial charge is 0.384 e. The van der Waals surface area contributed by atoms with E-state index in [1.807, 2.05) is 13.0 Å². The molecule has 50 valence electrons. The van der Waals surface area contributed by atoms with E-state index in [1.165, 1.54) is 6.20 Å². The second-order valence-corrected chi connectivity index (χ2v) is 1.55. The van der Waals surface area contributed by atoms with Gasteiger partial charge in [-0.1, -0.05) is 19.6 Å². The highest BCUT2D eigenvalue weighted by Gasteiger charge is 1.76. The summed E-state index contributed by atoms with van der Waals surface area (Å²) in [6.07, 6.45) is 6.12. The summed E-state index contributed by atoms with van der Waals surface area (Å²) < 4.78 is 0. The van der Waals surface area contributed by atoms with Crippen molar-refractivity contribution in [2.24, 2.45) is 10.7 Å². The zero-order chi connectivity index (χ0) is 7.11. The monoisotopic (exact) mass is 124 g/mol. The highest BCUT2D eigenvalue weighted by Crippen LogP contribution is 1.79. The van der Waals surface area contributed by atoms with Gasteiger partial charge >= 0.3 is 0 Å². The summed E-state index contributed by atoms with van der Waals surface area (Å²) in [5.74, 6) is 0.506. The number of hydrogen-bond donors (Lipinski definition) is 1. The zero-order valence-corrected chi connectivity index (χ0v) is 5.67. The molecule has 0 amide bonds. The Kier molecular flexibility index (Phi) is 4.50. The standard InChI is InChI=1S/C7H12N2/c1-3-5-6-7(8)9-4-2/h4-6H,2-3H2,1H3,(H2,8,9)/b6-5-. The van der Waals surface area contributed by atoms with Crippen LogP contribution in [0.5, 0.6) is 0 Å². The maximum atomic E-state index is 5.36. The fourth-order valence-corrected chi connectivity index (χ4v) is 0.387. The van der Waals surface area contributed by atoms with Crippen LogP contribution in [0.25, 0.3) is 0 Å². The lowest BCUT2D eigenvalue weighted by Gasteiger charge is -1.84. The van der Waals surface area contributed by atoms with Crippen molar-refractivity contribution in [3.8, 4) is 0 Å². The summed E-state index contributed by atoms with van der Waals surface area (Å²) in [5, 5.41) is 0. The van der Waals surface area contributed by atoms with Crippen LogP contribution in [0, 0.1) is 0 Å². The maximum absolute atomic E-state index is 5.36. The normalized spacial score (nSPS) is 12.3. The van der Waals surface area contributed by atoms with Gasteiger partial charge in [0, 0.05) is 6.20 Å². The molecule has 0 aliphatic heterocycles. The van der Waals surface area contributed by atoms with Crippen molar-refractivity contribution in [1.29, 1.82) is 0 Å². The van der Waals surface area contributed by atoms with Gasteiger partial charge in [-0.05, 0) is 12.5 Å². The Morgan fingerprint density at radius 2 is 2.44 bits per heavy atom. The second-order valence-electron chi connectivity index (χ2n) is 1.55. The van der Waals surface area contributed by atoms with E-state index in [0.717, 1.165) is 6.42 Å². The van der Waals surface area contributed by atoms with Gasteiger partial charge in [-0.3, -0.25) is 0 Å². The summed E-state index contributed by atoms with van der Waals surface area (Å²) in [7, 11) is 0. The van der Waals surface area contributed by atoms with Gasteiger partial charge in [-0.15, -0.1) is 0 Å². The minimum atomic E-state index is 0.506. The van der Waals surface area contributed by atoms with Crippen LogP contribution in [0.15, 0.2) is 29.9 Å². The van der Waals surface area contributed by atoms with Crippen molar-refractivity contribution in [3.63, 3.8) is 0 Å². The molecule has 0 aromatic heterocycles. The maximum Gasteiger partial charge on any atom is 0.122 e. The summed E-state index contributed by atoms with van der Waals surface area (Å²) in [6.45, 7) is 5.45. The first kappa shape index (κ1) is 7.95. The molecular weight excluding hydrogens is 112 g/mol. The molecule has 2 N–H and O–H groups in total. The van der Waals surface area contributed by atoms with Crippen molar-refractivity contribution in [2.45, 2.75) is 13.3 Å². The highest BCUT2D eigenvalue weighted by atomic mass is 14.8. The van der Waals surface area contributed by atoms with Gasteiger partial charge in [0.25, 0.3) is 0 Å². The smallest absolute Gasteiger partial charge is 0.122 e. The molecule has 0 radical (unpaired) electrons. The zero-order valence-electron chi connectivity index (χ0n) is 5.67. The van der Waals surface area contributed by atoms with Gasteiger partial charge in [-0.2, -0.15) is 0 Å². The van der Waals surface area contributed by atoms with Gasteiger partial charge in [0.05, 0.1) is 0 Å². The van der Waals surface area contributed by atoms with Crippen LogP contribution >= 0.6 is 0 Å². The van der Waals surface area contributed by atoms with Crippen LogP contribution in [0.3, 0.4) is 0 Å². The molecular formula is C7H12N2. The van der Waals surface area contributed by atoms with Crippen molar-refractivity contribution in [1.82, 2.24) is 0 Å². The lowest BCUT2D eigenvalue weighted by Crippen LogP contribution is -2.05. The molecule has 0 fully saturated rings. The fraction of sp³-hybridized carbons (Fsp3) is 0.286. The highest BCUT2D eigenvalue weighted by molar-refractivity contribution is 5.91. The first-order valence-electron chi connectivity index (χ1n) is 2.92. The summed E-state index contributed by atoms with van der Waals surface area (Å²) in [5.41, 5.74) is 5.36. The Morgan fingerprint density at radius 3 is 2.89 bits per heavy atom. The molecule has 2 heteroatoms. The number of allylic oxidation sites excluding steroid dienone is 1. The van der Waals surface area contributed by atoms with Gasteiger partial charge in [0.2, 0.25) is 0 Å². The quantitative estimate of drug-likeness (QED) is 0.449. The molecule has 0 rings (SSSR count). The average molecular weight is 124 g/mol. The number of aliphatic imine (C=N–C) groups is 1. The molecule has 2 nitrogen and oxygen atoms in total. The van der Waals surface area contributed by atoms with E-state index in [9.17, 15) is 0 Å². The molecule has 0 aromatic carbocycles. The predicted octanol–water partition coefficient (Wildman–Crippen LogP) is 1.45. The summed E-state index contributed by atoms with van der Waals surface area (Å²) in [4.78, 5) is 3.73. The molecule has 0 aliphatic rings. The van der Waals surface area contributed by atoms with Crippen LogP contribution < -0.4 is 5.73 Å². The molecule has 0 saturated heterocycles. The number of nitrogens with two attached hydrogens (primary N) is 1. The molecule has 0 aromatic rings. The van der Waals surface area contributed by atoms with E-state index in [-0.39, 0.29) is 0 Å². The van der Waals surface area contributed by atoms with Gasteiger partial charge in [0.1, 0.15) is 5.84 Å². The Hall–Kier alpha value is -1.05. The molecule has 0 spiro atoms. The van der Waals surface area contributed by atoms with Crippen LogP contribution in [0.2, 0.25) is 0 Å². The van der Waals surface area contributed by atoms with Crippen molar-refractivity contribution in [2.75, 3.05) is 0 Å². The molecule has 0 heterocycles. The lowest BCUT2D eigenvalue weighted by atomic mass is 10.4. The topological polar surface area (TPSA) is 38.4 Å². The summed E-state index contributed by atoms with van der Waals surface area (Å²) in [6, 6.07) is 0. The average Bonchev–Trinajstić information content (AvgIpc) is 1.85. The number of hydrogen-bond acceptors (Lipinski definition) is 1. The number of rotatable bonds is 3. The van der Waals surface area contributed by atoms with E-state index >= 15 is 0 Å². The minimum Gasteiger partial charge on any atom is -0.384 e. The third-order valence-corrected chi connectivity index (χ3v) is 0.765. The minimum absolute atomic E-state index is 0.506. The predicted molar refractivity (Wildman–Crippen MR) is 41.3 cm³/mol. The molecule has 9 heavy (non-hydrogen) atoms. The van der Waals surface area contributed by atoms with Crippen molar-refractivity contribution < 1.29 is 0 Å². The Labute approximate surface area is 55.8 Å². The third-order valence-electron chi connectivity index (χ3n) is 0.765. The van der Waals surface area contributed by atoms with Crippen molar-refractivity contribution in [3.05, 3.63) is 24.9 Å². The molecule has 0 bridgehead atoms. The second kappa shape index (κ2) is 5.09. The Balaban J connectivity index is 3.74. The SMILES string of the molecule is C=CN=C(N)/C=C\CC. The van der Waals surface area contributed by atoms with Crippen LogP contribution in [0.4, 0.5) is 0 Å². The molecule has 0 unspecified atom stereocenters. The fourth-order valence-electron chi connectivity index (χ4n) is 0.387. The Bertz CT molecular complexity index is 134. The van der Waals surface area contributed by atoms with E-state index in [4.69, 9.17) is 5.73 Å². The number of nitrogens with zero attached hydrogens (tertiary/aromatic N) is 1. The van der Waals surface area contributed by atoms with Crippen molar-refractivity contribution >= 4 is 5.84 Å². The summed E-state index contributed by atoms with van der Waals surface area (Å²) >= 11 is 0. The van der Waals surface area contributed by atoms with Gasteiger partial charge in [-0.25, -0.2) is 4.99 Å². The van der Waals surface area contributed by atoms with Crippen LogP contribution in [-0.4, -0.2) is 5.84 Å². The van der Waals surface area contributed by atoms with Crippen LogP contribution in [-0.2, 0) is 0 Å². The van der Waals surface area contributed by atoms with E-state index in [0.29, 0.717) is 5.84 Å². The van der Waals surface area contributed by atoms with Gasteiger partial charge < -0.3 is 5.73 Å². The van der Waals surface area contributed by atoms with Gasteiger partial charge in [0.15, 0.2) is 0 Å². The Morgan fingerprint density at radius 1 is 1.78 bits per heavy atom. The first-order chi connectivity index (χ1) is 4.31.